The minimum Gasteiger partial charge on any atom is -0.467 e. The minimum atomic E-state index is -5.10. The molecule has 1 heterocycles. The molecule has 10 heteroatoms. The van der Waals surface area contributed by atoms with Crippen molar-refractivity contribution < 1.29 is 31.5 Å². The first-order chi connectivity index (χ1) is 10.7. The highest BCUT2D eigenvalue weighted by Gasteiger charge is 2.36. The highest BCUT2D eigenvalue weighted by atomic mass is 19.4. The number of alkyl halides is 3. The number of anilines is 1. The molecule has 0 saturated carbocycles. The summed E-state index contributed by atoms with van der Waals surface area (Å²) in [5.74, 6) is -4.67. The second kappa shape index (κ2) is 6.15. The lowest BCUT2D eigenvalue weighted by Crippen LogP contribution is -2.15. The summed E-state index contributed by atoms with van der Waals surface area (Å²) in [4.78, 5) is 19.1. The molecular formula is C13H8F5N3O2. The van der Waals surface area contributed by atoms with Crippen LogP contribution in [0.15, 0.2) is 24.5 Å². The van der Waals surface area contributed by atoms with Gasteiger partial charge >= 0.3 is 12.2 Å². The van der Waals surface area contributed by atoms with Crippen molar-refractivity contribution in [2.24, 2.45) is 0 Å². The summed E-state index contributed by atoms with van der Waals surface area (Å²) in [7, 11) is 1.30. The molecule has 0 saturated heterocycles. The molecule has 23 heavy (non-hydrogen) atoms. The molecule has 1 amide bonds. The van der Waals surface area contributed by atoms with E-state index in [-0.39, 0.29) is 11.6 Å². The fourth-order valence-corrected chi connectivity index (χ4v) is 1.61. The van der Waals surface area contributed by atoms with Crippen LogP contribution >= 0.6 is 0 Å². The normalized spacial score (nSPS) is 11.2. The summed E-state index contributed by atoms with van der Waals surface area (Å²) in [6, 6.07) is 0.710. The van der Waals surface area contributed by atoms with Gasteiger partial charge in [-0.1, -0.05) is 0 Å². The van der Waals surface area contributed by atoms with Gasteiger partial charge in [-0.05, 0) is 6.07 Å². The van der Waals surface area contributed by atoms with Crippen LogP contribution in [0.1, 0.15) is 15.9 Å². The fourth-order valence-electron chi connectivity index (χ4n) is 1.61. The van der Waals surface area contributed by atoms with Gasteiger partial charge in [0.25, 0.3) is 5.91 Å². The van der Waals surface area contributed by atoms with E-state index in [0.29, 0.717) is 12.1 Å². The van der Waals surface area contributed by atoms with Crippen molar-refractivity contribution in [3.05, 3.63) is 47.3 Å². The maximum absolute atomic E-state index is 13.3. The van der Waals surface area contributed by atoms with E-state index in [1.807, 2.05) is 5.32 Å². The van der Waals surface area contributed by atoms with Gasteiger partial charge in [0.2, 0.25) is 0 Å². The summed E-state index contributed by atoms with van der Waals surface area (Å²) in [5, 5.41) is 2.01. The van der Waals surface area contributed by atoms with E-state index in [1.165, 1.54) is 7.11 Å². The summed E-state index contributed by atoms with van der Waals surface area (Å²) in [6.07, 6.45) is -2.98. The summed E-state index contributed by atoms with van der Waals surface area (Å²) < 4.78 is 68.9. The molecule has 0 bridgehead atoms. The van der Waals surface area contributed by atoms with E-state index >= 15 is 0 Å². The van der Waals surface area contributed by atoms with Crippen LogP contribution in [0.4, 0.5) is 27.6 Å². The van der Waals surface area contributed by atoms with E-state index in [1.54, 1.807) is 0 Å². The zero-order valence-corrected chi connectivity index (χ0v) is 11.4. The number of halogens is 5. The number of carbonyl (C=O) groups is 1. The molecule has 0 aliphatic rings. The van der Waals surface area contributed by atoms with Gasteiger partial charge in [0.15, 0.2) is 11.6 Å². The van der Waals surface area contributed by atoms with Gasteiger partial charge in [-0.15, -0.1) is 0 Å². The number of aromatic nitrogens is 2. The number of benzene rings is 1. The Morgan fingerprint density at radius 2 is 1.78 bits per heavy atom. The van der Waals surface area contributed by atoms with Gasteiger partial charge in [-0.3, -0.25) is 4.79 Å². The van der Waals surface area contributed by atoms with Gasteiger partial charge < -0.3 is 10.1 Å². The maximum atomic E-state index is 13.3. The van der Waals surface area contributed by atoms with Gasteiger partial charge in [-0.2, -0.15) is 13.2 Å². The fraction of sp³-hybridized carbons (Fsp3) is 0.154. The Morgan fingerprint density at radius 3 is 2.30 bits per heavy atom. The van der Waals surface area contributed by atoms with Crippen LogP contribution in [0.3, 0.4) is 0 Å². The number of hydrogen-bond acceptors (Lipinski definition) is 4. The first kappa shape index (κ1) is 16.6. The third-order valence-electron chi connectivity index (χ3n) is 2.66. The average Bonchev–Trinajstić information content (AvgIpc) is 2.49. The number of ether oxygens (including phenoxy) is 1. The monoisotopic (exact) mass is 333 g/mol. The molecule has 0 unspecified atom stereocenters. The Kier molecular flexibility index (Phi) is 4.43. The largest absolute Gasteiger partial charge is 0.467 e. The van der Waals surface area contributed by atoms with E-state index in [0.717, 1.165) is 12.4 Å². The SMILES string of the molecule is COc1ncc(C(=O)Nc2cc(F)c(F)c(C(F)(F)F)c2)cn1. The van der Waals surface area contributed by atoms with E-state index in [9.17, 15) is 26.7 Å². The van der Waals surface area contributed by atoms with Crippen molar-refractivity contribution >= 4 is 11.6 Å². The molecule has 0 aliphatic carbocycles. The number of rotatable bonds is 3. The average molecular weight is 333 g/mol. The Bertz CT molecular complexity index is 732. The molecule has 1 aromatic heterocycles. The molecule has 2 aromatic rings. The summed E-state index contributed by atoms with van der Waals surface area (Å²) >= 11 is 0. The van der Waals surface area contributed by atoms with Crippen molar-refractivity contribution in [2.75, 3.05) is 12.4 Å². The second-order valence-corrected chi connectivity index (χ2v) is 4.23. The predicted molar refractivity (Wildman–Crippen MR) is 67.9 cm³/mol. The molecule has 122 valence electrons. The number of amides is 1. The standard InChI is InChI=1S/C13H8F5N3O2/c1-23-12-19-4-6(5-20-12)11(22)21-7-2-8(13(16,17)18)10(15)9(14)3-7/h2-5H,1H3,(H,21,22). The number of carbonyl (C=O) groups excluding carboxylic acids is 1. The lowest BCUT2D eigenvalue weighted by Gasteiger charge is -2.12. The van der Waals surface area contributed by atoms with Crippen LogP contribution in [0.5, 0.6) is 6.01 Å². The molecule has 0 radical (unpaired) electrons. The third kappa shape index (κ3) is 3.71. The number of methoxy groups -OCH3 is 1. The first-order valence-electron chi connectivity index (χ1n) is 5.96. The predicted octanol–water partition coefficient (Wildman–Crippen LogP) is 3.03. The summed E-state index contributed by atoms with van der Waals surface area (Å²) in [6.45, 7) is 0. The van der Waals surface area contributed by atoms with Crippen molar-refractivity contribution in [1.29, 1.82) is 0 Å². The molecule has 2 rings (SSSR count). The molecule has 1 N–H and O–H groups in total. The van der Waals surface area contributed by atoms with Crippen LogP contribution in [0.2, 0.25) is 0 Å². The molecule has 0 fully saturated rings. The molecule has 1 aromatic carbocycles. The topological polar surface area (TPSA) is 64.1 Å². The van der Waals surface area contributed by atoms with Crippen molar-refractivity contribution in [2.45, 2.75) is 6.18 Å². The van der Waals surface area contributed by atoms with Gasteiger partial charge in [0.05, 0.1) is 18.2 Å². The Morgan fingerprint density at radius 1 is 1.17 bits per heavy atom. The van der Waals surface area contributed by atoms with Crippen molar-refractivity contribution in [1.82, 2.24) is 9.97 Å². The molecule has 5 nitrogen and oxygen atoms in total. The van der Waals surface area contributed by atoms with Crippen molar-refractivity contribution in [3.63, 3.8) is 0 Å². The molecular weight excluding hydrogens is 325 g/mol. The molecule has 0 aliphatic heterocycles. The second-order valence-electron chi connectivity index (χ2n) is 4.23. The van der Waals surface area contributed by atoms with E-state index < -0.39 is 35.0 Å². The maximum Gasteiger partial charge on any atom is 0.419 e. The van der Waals surface area contributed by atoms with Crippen LogP contribution < -0.4 is 10.1 Å². The van der Waals surface area contributed by atoms with Gasteiger partial charge in [0, 0.05) is 24.1 Å². The summed E-state index contributed by atoms with van der Waals surface area (Å²) in [5.41, 5.74) is -2.49. The zero-order valence-electron chi connectivity index (χ0n) is 11.4. The zero-order chi connectivity index (χ0) is 17.2. The quantitative estimate of drug-likeness (QED) is 0.877. The molecule has 0 atom stereocenters. The Labute approximate surface area is 126 Å². The number of hydrogen-bond donors (Lipinski definition) is 1. The minimum absolute atomic E-state index is 0.0197. The third-order valence-corrected chi connectivity index (χ3v) is 2.66. The van der Waals surface area contributed by atoms with Gasteiger partial charge in [0.1, 0.15) is 0 Å². The lowest BCUT2D eigenvalue weighted by atomic mass is 10.1. The highest BCUT2D eigenvalue weighted by molar-refractivity contribution is 6.03. The Hall–Kier alpha value is -2.78. The van der Waals surface area contributed by atoms with Crippen molar-refractivity contribution in [3.8, 4) is 6.01 Å². The van der Waals surface area contributed by atoms with Crippen LogP contribution in [0.25, 0.3) is 0 Å². The van der Waals surface area contributed by atoms with Crippen LogP contribution in [0, 0.1) is 11.6 Å². The smallest absolute Gasteiger partial charge is 0.419 e. The number of nitrogens with zero attached hydrogens (tertiary/aromatic N) is 2. The van der Waals surface area contributed by atoms with E-state index in [4.69, 9.17) is 0 Å². The highest BCUT2D eigenvalue weighted by Crippen LogP contribution is 2.34. The molecule has 0 spiro atoms. The Balaban J connectivity index is 2.28. The lowest BCUT2D eigenvalue weighted by molar-refractivity contribution is -0.140. The first-order valence-corrected chi connectivity index (χ1v) is 5.96. The van der Waals surface area contributed by atoms with Gasteiger partial charge in [-0.25, -0.2) is 18.7 Å². The van der Waals surface area contributed by atoms with Crippen LogP contribution in [-0.2, 0) is 6.18 Å². The van der Waals surface area contributed by atoms with Crippen LogP contribution in [-0.4, -0.2) is 23.0 Å². The van der Waals surface area contributed by atoms with E-state index in [2.05, 4.69) is 14.7 Å². The number of nitrogens with one attached hydrogen (secondary N) is 1.